The standard InChI is InChI=1S/C30H28/c1-5-8-19-17(2)20-13-15-24-28-25(16-14-21(19)27(20)28)30(4)23-12-7-10-18-9-6-11-22(26(18)23)29(24,30)3/h6-7,9-17,19H,5,8H2,1-4H3. The van der Waals surface area contributed by atoms with E-state index in [9.17, 15) is 0 Å². The molecule has 3 aliphatic rings. The van der Waals surface area contributed by atoms with Crippen LogP contribution in [0, 0.1) is 0 Å². The van der Waals surface area contributed by atoms with Gasteiger partial charge in [0.15, 0.2) is 0 Å². The molecule has 0 amide bonds. The summed E-state index contributed by atoms with van der Waals surface area (Å²) in [6.07, 6.45) is 2.54. The molecule has 0 radical (unpaired) electrons. The second kappa shape index (κ2) is 5.17. The summed E-state index contributed by atoms with van der Waals surface area (Å²) in [5.41, 5.74) is 9.30. The van der Waals surface area contributed by atoms with Crippen molar-refractivity contribution in [1.29, 1.82) is 0 Å². The molecule has 0 saturated heterocycles. The van der Waals surface area contributed by atoms with Gasteiger partial charge in [-0.05, 0) is 73.2 Å². The van der Waals surface area contributed by atoms with Crippen LogP contribution in [0.15, 0.2) is 60.7 Å². The van der Waals surface area contributed by atoms with Crippen molar-refractivity contribution in [3.05, 3.63) is 94.0 Å². The summed E-state index contributed by atoms with van der Waals surface area (Å²) >= 11 is 0. The van der Waals surface area contributed by atoms with Gasteiger partial charge < -0.3 is 0 Å². The van der Waals surface area contributed by atoms with E-state index in [0.717, 1.165) is 0 Å². The molecule has 0 heteroatoms. The Labute approximate surface area is 178 Å². The Hall–Kier alpha value is -2.60. The van der Waals surface area contributed by atoms with Crippen molar-refractivity contribution in [2.45, 2.75) is 63.2 Å². The molecule has 3 aliphatic carbocycles. The van der Waals surface area contributed by atoms with E-state index in [2.05, 4.69) is 88.4 Å². The molecule has 0 N–H and O–H groups in total. The van der Waals surface area contributed by atoms with Crippen LogP contribution in [0.4, 0.5) is 0 Å². The fourth-order valence-corrected chi connectivity index (χ4v) is 7.82. The Morgan fingerprint density at radius 1 is 0.667 bits per heavy atom. The molecule has 0 saturated carbocycles. The summed E-state index contributed by atoms with van der Waals surface area (Å²) in [7, 11) is 0. The van der Waals surface area contributed by atoms with Crippen LogP contribution in [0.3, 0.4) is 0 Å². The summed E-state index contributed by atoms with van der Waals surface area (Å²) in [6.45, 7) is 9.81. The Morgan fingerprint density at radius 2 is 1.23 bits per heavy atom. The number of hydrogen-bond acceptors (Lipinski definition) is 0. The largest absolute Gasteiger partial charge is 0.0654 e. The monoisotopic (exact) mass is 388 g/mol. The predicted octanol–water partition coefficient (Wildman–Crippen LogP) is 7.93. The second-order valence-corrected chi connectivity index (χ2v) is 10.3. The Balaban J connectivity index is 1.65. The molecule has 4 unspecified atom stereocenters. The lowest BCUT2D eigenvalue weighted by molar-refractivity contribution is 0.402. The SMILES string of the molecule is CCCC1c2ccc3c4c(ccc(c24)C1C)C1(C)c2cccc4cccc(c24)C31C. The van der Waals surface area contributed by atoms with E-state index in [1.54, 1.807) is 33.0 Å². The lowest BCUT2D eigenvalue weighted by Gasteiger charge is -2.38. The summed E-state index contributed by atoms with van der Waals surface area (Å²) < 4.78 is 0. The normalized spacial score (nSPS) is 29.9. The average molecular weight is 389 g/mol. The maximum Gasteiger partial charge on any atom is 0.0322 e. The molecule has 4 atom stereocenters. The van der Waals surface area contributed by atoms with Crippen molar-refractivity contribution in [3.63, 3.8) is 0 Å². The third-order valence-corrected chi connectivity index (χ3v) is 9.38. The molecule has 30 heavy (non-hydrogen) atoms. The zero-order valence-corrected chi connectivity index (χ0v) is 18.3. The molecule has 0 aliphatic heterocycles. The van der Waals surface area contributed by atoms with Crippen molar-refractivity contribution in [3.8, 4) is 0 Å². The maximum atomic E-state index is 2.51. The van der Waals surface area contributed by atoms with Gasteiger partial charge >= 0.3 is 0 Å². The molecule has 4 aromatic rings. The first-order valence-electron chi connectivity index (χ1n) is 11.7. The van der Waals surface area contributed by atoms with Crippen LogP contribution in [-0.4, -0.2) is 0 Å². The van der Waals surface area contributed by atoms with E-state index in [1.807, 2.05) is 0 Å². The maximum absolute atomic E-state index is 2.51. The zero-order chi connectivity index (χ0) is 20.4. The second-order valence-electron chi connectivity index (χ2n) is 10.3. The van der Waals surface area contributed by atoms with Gasteiger partial charge in [-0.25, -0.2) is 0 Å². The van der Waals surface area contributed by atoms with Crippen molar-refractivity contribution in [1.82, 2.24) is 0 Å². The Morgan fingerprint density at radius 3 is 1.83 bits per heavy atom. The van der Waals surface area contributed by atoms with Crippen LogP contribution in [-0.2, 0) is 10.8 Å². The highest BCUT2D eigenvalue weighted by molar-refractivity contribution is 6.06. The molecule has 4 aromatic carbocycles. The molecule has 0 heterocycles. The van der Waals surface area contributed by atoms with Crippen molar-refractivity contribution in [2.75, 3.05) is 0 Å². The summed E-state index contributed by atoms with van der Waals surface area (Å²) in [6, 6.07) is 23.8. The molecule has 0 spiro atoms. The first-order chi connectivity index (χ1) is 14.5. The van der Waals surface area contributed by atoms with Crippen molar-refractivity contribution in [2.24, 2.45) is 0 Å². The predicted molar refractivity (Wildman–Crippen MR) is 127 cm³/mol. The van der Waals surface area contributed by atoms with Gasteiger partial charge in [-0.1, -0.05) is 94.8 Å². The van der Waals surface area contributed by atoms with E-state index in [0.29, 0.717) is 11.8 Å². The van der Waals surface area contributed by atoms with Crippen LogP contribution < -0.4 is 0 Å². The van der Waals surface area contributed by atoms with Gasteiger partial charge in [-0.2, -0.15) is 0 Å². The van der Waals surface area contributed by atoms with Crippen LogP contribution in [0.1, 0.15) is 85.8 Å². The van der Waals surface area contributed by atoms with Crippen LogP contribution in [0.5, 0.6) is 0 Å². The number of benzene rings is 4. The molecule has 0 fully saturated rings. The lowest BCUT2D eigenvalue weighted by Crippen LogP contribution is -2.39. The van der Waals surface area contributed by atoms with Crippen molar-refractivity contribution >= 4 is 21.5 Å². The van der Waals surface area contributed by atoms with Gasteiger partial charge in [0.05, 0.1) is 0 Å². The summed E-state index contributed by atoms with van der Waals surface area (Å²) in [5, 5.41) is 6.04. The molecular formula is C30H28. The zero-order valence-electron chi connectivity index (χ0n) is 18.3. The molecule has 0 aromatic heterocycles. The highest BCUT2D eigenvalue weighted by Gasteiger charge is 2.60. The van der Waals surface area contributed by atoms with Gasteiger partial charge in [0.2, 0.25) is 0 Å². The smallest absolute Gasteiger partial charge is 0.0322 e. The Bertz CT molecular complexity index is 1350. The fourth-order valence-electron chi connectivity index (χ4n) is 7.82. The van der Waals surface area contributed by atoms with Gasteiger partial charge in [0.1, 0.15) is 0 Å². The topological polar surface area (TPSA) is 0 Å². The molecule has 148 valence electrons. The number of hydrogen-bond donors (Lipinski definition) is 0. The quantitative estimate of drug-likeness (QED) is 0.327. The first-order valence-corrected chi connectivity index (χ1v) is 11.7. The summed E-state index contributed by atoms with van der Waals surface area (Å²) in [4.78, 5) is 0. The third-order valence-electron chi connectivity index (χ3n) is 9.38. The molecule has 0 nitrogen and oxygen atoms in total. The van der Waals surface area contributed by atoms with Crippen molar-refractivity contribution < 1.29 is 0 Å². The number of rotatable bonds is 2. The lowest BCUT2D eigenvalue weighted by atomic mass is 9.62. The minimum Gasteiger partial charge on any atom is -0.0654 e. The Kier molecular flexibility index (Phi) is 2.95. The minimum absolute atomic E-state index is 0.0121. The highest BCUT2D eigenvalue weighted by atomic mass is 14.6. The summed E-state index contributed by atoms with van der Waals surface area (Å²) in [5.74, 6) is 1.30. The van der Waals surface area contributed by atoms with E-state index in [1.165, 1.54) is 34.7 Å². The number of fused-ring (bicyclic) bond motifs is 5. The average Bonchev–Trinajstić information content (AvgIpc) is 3.23. The van der Waals surface area contributed by atoms with Gasteiger partial charge in [0, 0.05) is 10.8 Å². The van der Waals surface area contributed by atoms with E-state index in [4.69, 9.17) is 0 Å². The van der Waals surface area contributed by atoms with Crippen LogP contribution >= 0.6 is 0 Å². The van der Waals surface area contributed by atoms with Crippen LogP contribution in [0.25, 0.3) is 21.5 Å². The fraction of sp³-hybridized carbons (Fsp3) is 0.333. The minimum atomic E-state index is -0.0121. The van der Waals surface area contributed by atoms with Gasteiger partial charge in [0.25, 0.3) is 0 Å². The third kappa shape index (κ3) is 1.53. The van der Waals surface area contributed by atoms with E-state index >= 15 is 0 Å². The van der Waals surface area contributed by atoms with Gasteiger partial charge in [-0.3, -0.25) is 0 Å². The molecule has 7 rings (SSSR count). The van der Waals surface area contributed by atoms with Gasteiger partial charge in [-0.15, -0.1) is 0 Å². The van der Waals surface area contributed by atoms with E-state index < -0.39 is 0 Å². The van der Waals surface area contributed by atoms with Crippen LogP contribution in [0.2, 0.25) is 0 Å². The molecular weight excluding hydrogens is 360 g/mol. The van der Waals surface area contributed by atoms with E-state index in [-0.39, 0.29) is 10.8 Å². The highest BCUT2D eigenvalue weighted by Crippen LogP contribution is 2.68. The molecule has 0 bridgehead atoms. The first kappa shape index (κ1) is 17.1.